The van der Waals surface area contributed by atoms with Crippen molar-refractivity contribution in [3.8, 4) is 11.8 Å². The monoisotopic (exact) mass is 427 g/mol. The van der Waals surface area contributed by atoms with Crippen LogP contribution in [0.5, 0.6) is 5.75 Å². The summed E-state index contributed by atoms with van der Waals surface area (Å²) < 4.78 is 10.0. The van der Waals surface area contributed by atoms with Gasteiger partial charge in [-0.3, -0.25) is 9.59 Å². The van der Waals surface area contributed by atoms with E-state index in [4.69, 9.17) is 9.47 Å². The number of methoxy groups -OCH3 is 1. The van der Waals surface area contributed by atoms with Crippen LogP contribution in [0.2, 0.25) is 0 Å². The van der Waals surface area contributed by atoms with Crippen molar-refractivity contribution in [1.29, 1.82) is 5.26 Å². The fourth-order valence-electron chi connectivity index (χ4n) is 2.33. The minimum atomic E-state index is -1.09. The van der Waals surface area contributed by atoms with E-state index in [0.717, 1.165) is 5.56 Å². The van der Waals surface area contributed by atoms with Crippen molar-refractivity contribution < 1.29 is 23.9 Å². The molecule has 1 aromatic heterocycles. The van der Waals surface area contributed by atoms with Crippen LogP contribution in [0.15, 0.2) is 35.7 Å². The maximum absolute atomic E-state index is 12.2. The Morgan fingerprint density at radius 1 is 1.30 bits per heavy atom. The van der Waals surface area contributed by atoms with Gasteiger partial charge in [0.15, 0.2) is 18.3 Å². The van der Waals surface area contributed by atoms with Crippen LogP contribution in [0, 0.1) is 18.3 Å². The summed E-state index contributed by atoms with van der Waals surface area (Å²) in [5.74, 6) is -2.23. The number of esters is 1. The Kier molecular flexibility index (Phi) is 8.26. The van der Waals surface area contributed by atoms with Crippen LogP contribution in [0.25, 0.3) is 6.08 Å². The Morgan fingerprint density at radius 3 is 2.57 bits per heavy atom. The van der Waals surface area contributed by atoms with E-state index in [9.17, 15) is 19.6 Å². The predicted octanol–water partition coefficient (Wildman–Crippen LogP) is 2.40. The van der Waals surface area contributed by atoms with E-state index in [1.54, 1.807) is 49.8 Å². The highest BCUT2D eigenvalue weighted by Crippen LogP contribution is 2.20. The number of aryl methyl sites for hydroxylation is 1. The topological polar surface area (TPSA) is 118 Å². The maximum atomic E-state index is 12.2. The number of ether oxygens (including phenoxy) is 2. The first-order valence-corrected chi connectivity index (χ1v) is 9.85. The minimum Gasteiger partial charge on any atom is -0.497 e. The lowest BCUT2D eigenvalue weighted by atomic mass is 10.1. The molecule has 1 amide bonds. The maximum Gasteiger partial charge on any atom is 0.328 e. The number of carbonyl (C=O) groups is 3. The van der Waals surface area contributed by atoms with Gasteiger partial charge in [-0.15, -0.1) is 11.3 Å². The van der Waals surface area contributed by atoms with Gasteiger partial charge in [-0.25, -0.2) is 9.78 Å². The molecule has 0 saturated heterocycles. The van der Waals surface area contributed by atoms with Crippen LogP contribution in [-0.2, 0) is 19.1 Å². The zero-order valence-electron chi connectivity index (χ0n) is 16.7. The number of amides is 1. The number of nitriles is 1. The molecule has 156 valence electrons. The third-order valence-corrected chi connectivity index (χ3v) is 4.97. The molecule has 8 nitrogen and oxygen atoms in total. The van der Waals surface area contributed by atoms with Crippen LogP contribution in [0.4, 0.5) is 0 Å². The van der Waals surface area contributed by atoms with Gasteiger partial charge in [0.2, 0.25) is 5.91 Å². The largest absolute Gasteiger partial charge is 0.497 e. The number of aromatic nitrogens is 1. The molecule has 0 aliphatic heterocycles. The molecule has 2 atom stereocenters. The van der Waals surface area contributed by atoms with Gasteiger partial charge in [-0.2, -0.15) is 5.26 Å². The van der Waals surface area contributed by atoms with Gasteiger partial charge < -0.3 is 14.8 Å². The van der Waals surface area contributed by atoms with Crippen molar-refractivity contribution in [2.24, 2.45) is 0 Å². The number of ketones is 1. The van der Waals surface area contributed by atoms with Crippen LogP contribution in [0.1, 0.15) is 29.1 Å². The van der Waals surface area contributed by atoms with E-state index in [0.29, 0.717) is 16.5 Å². The Bertz CT molecular complexity index is 975. The standard InChI is InChI=1S/C21H21N3O5S/c1-13-12-30-20(23-13)17(10-22)18(25)11-29-21(27)14(2)24-19(26)9-6-15-4-7-16(28-3)8-5-15/h4-9,12,14,17H,11H2,1-3H3,(H,24,26)/b9-6+/t14-,17+/m0/s1. The van der Waals surface area contributed by atoms with Crippen molar-refractivity contribution in [1.82, 2.24) is 10.3 Å². The van der Waals surface area contributed by atoms with Gasteiger partial charge in [0.05, 0.1) is 13.2 Å². The molecule has 2 rings (SSSR count). The first-order chi connectivity index (χ1) is 14.3. The summed E-state index contributed by atoms with van der Waals surface area (Å²) in [6.45, 7) is 2.63. The lowest BCUT2D eigenvalue weighted by Gasteiger charge is -2.12. The van der Waals surface area contributed by atoms with Crippen molar-refractivity contribution in [2.45, 2.75) is 25.8 Å². The van der Waals surface area contributed by atoms with Crippen molar-refractivity contribution in [3.05, 3.63) is 52.0 Å². The van der Waals surface area contributed by atoms with Gasteiger partial charge in [-0.05, 0) is 37.6 Å². The average Bonchev–Trinajstić information content (AvgIpc) is 3.17. The Morgan fingerprint density at radius 2 is 2.00 bits per heavy atom. The van der Waals surface area contributed by atoms with E-state index in [1.807, 2.05) is 6.07 Å². The molecule has 0 radical (unpaired) electrons. The highest BCUT2D eigenvalue weighted by Gasteiger charge is 2.25. The highest BCUT2D eigenvalue weighted by atomic mass is 32.1. The number of hydrogen-bond acceptors (Lipinski definition) is 8. The number of Topliss-reactive ketones (excluding diaryl/α,β-unsaturated/α-hetero) is 1. The van der Waals surface area contributed by atoms with E-state index < -0.39 is 36.2 Å². The molecule has 0 bridgehead atoms. The Labute approximate surface area is 178 Å². The quantitative estimate of drug-likeness (QED) is 0.482. The zero-order chi connectivity index (χ0) is 22.1. The average molecular weight is 427 g/mol. The summed E-state index contributed by atoms with van der Waals surface area (Å²) in [4.78, 5) is 40.4. The van der Waals surface area contributed by atoms with Gasteiger partial charge in [0, 0.05) is 17.2 Å². The molecule has 1 heterocycles. The number of benzene rings is 1. The van der Waals surface area contributed by atoms with E-state index in [1.165, 1.54) is 24.3 Å². The second-order valence-electron chi connectivity index (χ2n) is 6.30. The predicted molar refractivity (Wildman–Crippen MR) is 111 cm³/mol. The molecule has 0 spiro atoms. The van der Waals surface area contributed by atoms with Crippen molar-refractivity contribution >= 4 is 35.1 Å². The number of carbonyl (C=O) groups excluding carboxylic acids is 3. The molecule has 0 saturated carbocycles. The zero-order valence-corrected chi connectivity index (χ0v) is 17.6. The SMILES string of the molecule is COc1ccc(/C=C/C(=O)N[C@@H](C)C(=O)OCC(=O)[C@@H](C#N)c2nc(C)cs2)cc1. The summed E-state index contributed by atoms with van der Waals surface area (Å²) in [6.07, 6.45) is 2.87. The van der Waals surface area contributed by atoms with Crippen LogP contribution >= 0.6 is 11.3 Å². The highest BCUT2D eigenvalue weighted by molar-refractivity contribution is 7.09. The first-order valence-electron chi connectivity index (χ1n) is 8.97. The molecule has 9 heteroatoms. The first kappa shape index (κ1) is 22.8. The molecular formula is C21H21N3O5S. The van der Waals surface area contributed by atoms with E-state index in [2.05, 4.69) is 10.3 Å². The van der Waals surface area contributed by atoms with Crippen molar-refractivity contribution in [3.63, 3.8) is 0 Å². The third-order valence-electron chi connectivity index (χ3n) is 3.95. The van der Waals surface area contributed by atoms with Gasteiger partial charge in [0.1, 0.15) is 16.8 Å². The van der Waals surface area contributed by atoms with Gasteiger partial charge in [0.25, 0.3) is 0 Å². The summed E-state index contributed by atoms with van der Waals surface area (Å²) in [7, 11) is 1.56. The number of hydrogen-bond donors (Lipinski definition) is 1. The molecule has 0 fully saturated rings. The second kappa shape index (κ2) is 10.9. The molecule has 0 aliphatic carbocycles. The number of thiazole rings is 1. The summed E-state index contributed by atoms with van der Waals surface area (Å²) in [5, 5.41) is 13.8. The van der Waals surface area contributed by atoms with Crippen LogP contribution < -0.4 is 10.1 Å². The van der Waals surface area contributed by atoms with Crippen molar-refractivity contribution in [2.75, 3.05) is 13.7 Å². The van der Waals surface area contributed by atoms with Crippen LogP contribution in [0.3, 0.4) is 0 Å². The summed E-state index contributed by atoms with van der Waals surface area (Å²) in [6, 6.07) is 7.99. The number of nitrogens with zero attached hydrogens (tertiary/aromatic N) is 2. The smallest absolute Gasteiger partial charge is 0.328 e. The lowest BCUT2D eigenvalue weighted by Crippen LogP contribution is -2.39. The molecule has 2 aromatic rings. The van der Waals surface area contributed by atoms with Gasteiger partial charge >= 0.3 is 5.97 Å². The molecule has 1 N–H and O–H groups in total. The molecule has 0 aliphatic rings. The second-order valence-corrected chi connectivity index (χ2v) is 7.19. The Hall–Kier alpha value is -3.51. The summed E-state index contributed by atoms with van der Waals surface area (Å²) >= 11 is 1.20. The molecule has 0 unspecified atom stereocenters. The lowest BCUT2D eigenvalue weighted by molar-refractivity contribution is -0.150. The number of rotatable bonds is 9. The summed E-state index contributed by atoms with van der Waals surface area (Å²) in [5.41, 5.74) is 1.49. The number of nitrogens with one attached hydrogen (secondary N) is 1. The normalized spacial score (nSPS) is 12.6. The third kappa shape index (κ3) is 6.53. The fourth-order valence-corrected chi connectivity index (χ4v) is 3.19. The fraction of sp³-hybridized carbons (Fsp3) is 0.286. The van der Waals surface area contributed by atoms with Crippen LogP contribution in [-0.4, -0.2) is 42.4 Å². The van der Waals surface area contributed by atoms with E-state index in [-0.39, 0.29) is 0 Å². The Balaban J connectivity index is 1.83. The molecule has 30 heavy (non-hydrogen) atoms. The van der Waals surface area contributed by atoms with E-state index >= 15 is 0 Å². The molecular weight excluding hydrogens is 406 g/mol. The minimum absolute atomic E-state index is 0.362. The van der Waals surface area contributed by atoms with Gasteiger partial charge in [-0.1, -0.05) is 12.1 Å². The molecule has 1 aromatic carbocycles.